The Kier molecular flexibility index (Phi) is 9.24. The maximum absolute atomic E-state index is 12.2. The minimum Gasteiger partial charge on any atom is -0.467 e. The molecule has 0 aliphatic carbocycles. The minimum atomic E-state index is -4.83. The molecular formula is C24H22N8O10S2. The number of ether oxygens (including phenoxy) is 4. The molecule has 0 bridgehead atoms. The predicted octanol–water partition coefficient (Wildman–Crippen LogP) is 1.47. The van der Waals surface area contributed by atoms with E-state index in [1.54, 1.807) is 0 Å². The average molecular weight is 647 g/mol. The Bertz CT molecular complexity index is 1810. The second-order valence-electron chi connectivity index (χ2n) is 8.14. The number of hydrogen-bond donors (Lipinski definition) is 4. The monoisotopic (exact) mass is 646 g/mol. The van der Waals surface area contributed by atoms with Crippen molar-refractivity contribution < 1.29 is 44.9 Å². The third kappa shape index (κ3) is 7.72. The molecule has 0 saturated carbocycles. The summed E-state index contributed by atoms with van der Waals surface area (Å²) in [5, 5.41) is 5.48. The molecule has 20 heteroatoms. The summed E-state index contributed by atoms with van der Waals surface area (Å²) in [6.07, 6.45) is 0. The van der Waals surface area contributed by atoms with E-state index in [1.807, 2.05) is 0 Å². The average Bonchev–Trinajstić information content (AvgIpc) is 2.99. The first-order chi connectivity index (χ1) is 20.8. The van der Waals surface area contributed by atoms with Crippen molar-refractivity contribution in [3.63, 3.8) is 0 Å². The first kappa shape index (κ1) is 31.6. The van der Waals surface area contributed by atoms with Crippen molar-refractivity contribution in [2.24, 2.45) is 0 Å². The summed E-state index contributed by atoms with van der Waals surface area (Å²) in [7, 11) is -4.37. The minimum absolute atomic E-state index is 0.0608. The van der Waals surface area contributed by atoms with E-state index in [0.717, 1.165) is 12.1 Å². The number of anilines is 4. The van der Waals surface area contributed by atoms with Gasteiger partial charge in [-0.15, -0.1) is 9.97 Å². The summed E-state index contributed by atoms with van der Waals surface area (Å²) in [6.45, 7) is 0. The molecule has 2 heterocycles. The summed E-state index contributed by atoms with van der Waals surface area (Å²) in [6, 6.07) is 7.07. The molecular weight excluding hydrogens is 624 g/mol. The number of nitrogens with zero attached hydrogens (tertiary/aromatic N) is 6. The van der Waals surface area contributed by atoms with Crippen LogP contribution in [0.15, 0.2) is 46.2 Å². The van der Waals surface area contributed by atoms with Gasteiger partial charge >= 0.3 is 24.0 Å². The van der Waals surface area contributed by atoms with Crippen LogP contribution in [0.25, 0.3) is 0 Å². The Labute approximate surface area is 250 Å². The molecule has 0 aliphatic heterocycles. The lowest BCUT2D eigenvalue weighted by Gasteiger charge is -2.10. The molecule has 0 atom stereocenters. The van der Waals surface area contributed by atoms with Crippen LogP contribution in [0.5, 0.6) is 24.0 Å². The smallest absolute Gasteiger partial charge is 0.324 e. The van der Waals surface area contributed by atoms with Gasteiger partial charge in [0.2, 0.25) is 11.9 Å². The van der Waals surface area contributed by atoms with Crippen molar-refractivity contribution in [1.29, 1.82) is 0 Å². The highest BCUT2D eigenvalue weighted by Gasteiger charge is 2.19. The Morgan fingerprint density at radius 3 is 1.16 bits per heavy atom. The molecule has 4 rings (SSSR count). The van der Waals surface area contributed by atoms with Crippen LogP contribution in [-0.4, -0.2) is 84.3 Å². The molecule has 18 nitrogen and oxygen atoms in total. The van der Waals surface area contributed by atoms with E-state index in [-0.39, 0.29) is 58.4 Å². The fraction of sp³-hybridized carbons (Fsp3) is 0.167. The molecule has 0 fully saturated rings. The van der Waals surface area contributed by atoms with Crippen LogP contribution in [0.3, 0.4) is 0 Å². The van der Waals surface area contributed by atoms with E-state index >= 15 is 0 Å². The molecule has 0 saturated heterocycles. The summed E-state index contributed by atoms with van der Waals surface area (Å²) < 4.78 is 88.5. The van der Waals surface area contributed by atoms with Crippen LogP contribution in [-0.2, 0) is 20.2 Å². The largest absolute Gasteiger partial charge is 0.467 e. The van der Waals surface area contributed by atoms with E-state index in [1.165, 1.54) is 52.7 Å². The number of aromatic nitrogens is 6. The van der Waals surface area contributed by atoms with Crippen LogP contribution in [0, 0.1) is 11.8 Å². The third-order valence-corrected chi connectivity index (χ3v) is 7.07. The summed E-state index contributed by atoms with van der Waals surface area (Å²) in [4.78, 5) is 22.4. The zero-order valence-corrected chi connectivity index (χ0v) is 24.8. The predicted molar refractivity (Wildman–Crippen MR) is 151 cm³/mol. The van der Waals surface area contributed by atoms with Gasteiger partial charge in [-0.2, -0.15) is 36.8 Å². The number of nitrogens with one attached hydrogen (secondary N) is 2. The van der Waals surface area contributed by atoms with E-state index in [4.69, 9.17) is 18.9 Å². The van der Waals surface area contributed by atoms with Gasteiger partial charge in [-0.1, -0.05) is 11.8 Å². The van der Waals surface area contributed by atoms with Gasteiger partial charge in [0, 0.05) is 22.5 Å². The van der Waals surface area contributed by atoms with Crippen molar-refractivity contribution >= 4 is 43.5 Å². The zero-order valence-electron chi connectivity index (χ0n) is 23.1. The molecule has 4 N–H and O–H groups in total. The maximum atomic E-state index is 12.2. The normalized spacial score (nSPS) is 11.1. The van der Waals surface area contributed by atoms with Crippen LogP contribution in [0.4, 0.5) is 23.3 Å². The highest BCUT2D eigenvalue weighted by molar-refractivity contribution is 7.86. The number of rotatable bonds is 10. The molecule has 230 valence electrons. The molecule has 0 unspecified atom stereocenters. The molecule has 0 spiro atoms. The van der Waals surface area contributed by atoms with Crippen LogP contribution < -0.4 is 29.6 Å². The van der Waals surface area contributed by atoms with E-state index in [0.29, 0.717) is 0 Å². The third-order valence-electron chi connectivity index (χ3n) is 5.28. The summed E-state index contributed by atoms with van der Waals surface area (Å²) in [5.41, 5.74) is -0.147. The lowest BCUT2D eigenvalue weighted by molar-refractivity contribution is 0.341. The Morgan fingerprint density at radius 1 is 0.568 bits per heavy atom. The number of benzene rings is 2. The van der Waals surface area contributed by atoms with Crippen LogP contribution >= 0.6 is 0 Å². The van der Waals surface area contributed by atoms with Crippen molar-refractivity contribution in [3.8, 4) is 35.9 Å². The lowest BCUT2D eigenvalue weighted by atomic mass is 10.1. The molecule has 0 aliphatic rings. The van der Waals surface area contributed by atoms with Crippen molar-refractivity contribution in [2.75, 3.05) is 39.1 Å². The number of methoxy groups -OCH3 is 4. The Hall–Kier alpha value is -5.36. The standard InChI is InChI=1S/C24H22N8O10S2/c1-39-21-27-19(28-22(31-21)40-2)25-15-9-7-13(17(11-15)43(33,34)35)5-6-14-8-10-16(12-18(14)44(36,37)38)26-20-29-23(41-3)32-24(30-20)42-4/h7-12H,1-4H3,(H,33,34,35)(H,36,37,38)(H,25,27,28,31)(H,26,29,30,32). The second-order valence-corrected chi connectivity index (χ2v) is 10.9. The Balaban J connectivity index is 1.70. The fourth-order valence-corrected chi connectivity index (χ4v) is 4.73. The van der Waals surface area contributed by atoms with E-state index in [9.17, 15) is 25.9 Å². The molecule has 2 aromatic carbocycles. The van der Waals surface area contributed by atoms with Crippen LogP contribution in [0.2, 0.25) is 0 Å². The number of hydrogen-bond acceptors (Lipinski definition) is 16. The second kappa shape index (κ2) is 12.9. The summed E-state index contributed by atoms with van der Waals surface area (Å²) in [5.74, 6) is 4.91. The van der Waals surface area contributed by atoms with Gasteiger partial charge in [-0.05, 0) is 36.4 Å². The van der Waals surface area contributed by atoms with Gasteiger partial charge in [0.25, 0.3) is 20.2 Å². The molecule has 2 aromatic heterocycles. The van der Waals surface area contributed by atoms with Gasteiger partial charge in [-0.25, -0.2) is 0 Å². The van der Waals surface area contributed by atoms with Crippen molar-refractivity contribution in [3.05, 3.63) is 47.5 Å². The highest BCUT2D eigenvalue weighted by Crippen LogP contribution is 2.26. The zero-order chi connectivity index (χ0) is 32.1. The van der Waals surface area contributed by atoms with Gasteiger partial charge < -0.3 is 29.6 Å². The Morgan fingerprint density at radius 2 is 0.886 bits per heavy atom. The maximum Gasteiger partial charge on any atom is 0.324 e. The highest BCUT2D eigenvalue weighted by atomic mass is 32.2. The molecule has 0 radical (unpaired) electrons. The van der Waals surface area contributed by atoms with E-state index < -0.39 is 30.0 Å². The summed E-state index contributed by atoms with van der Waals surface area (Å²) >= 11 is 0. The van der Waals surface area contributed by atoms with Crippen LogP contribution in [0.1, 0.15) is 11.1 Å². The van der Waals surface area contributed by atoms with Gasteiger partial charge in [0.1, 0.15) is 9.79 Å². The lowest BCUT2D eigenvalue weighted by Crippen LogP contribution is -2.06. The molecule has 4 aromatic rings. The van der Waals surface area contributed by atoms with Crippen molar-refractivity contribution in [1.82, 2.24) is 29.9 Å². The van der Waals surface area contributed by atoms with Gasteiger partial charge in [0.15, 0.2) is 0 Å². The van der Waals surface area contributed by atoms with E-state index in [2.05, 4.69) is 52.4 Å². The van der Waals surface area contributed by atoms with Crippen molar-refractivity contribution in [2.45, 2.75) is 9.79 Å². The fourth-order valence-electron chi connectivity index (χ4n) is 3.38. The molecule has 0 amide bonds. The SMILES string of the molecule is COc1nc(Nc2ccc(C#Cc3ccc(Nc4nc(OC)nc(OC)n4)cc3S(=O)(=O)O)c(S(=O)(=O)O)c2)nc(OC)n1. The first-order valence-corrected chi connectivity index (χ1v) is 14.7. The molecule has 44 heavy (non-hydrogen) atoms. The van der Waals surface area contributed by atoms with Gasteiger partial charge in [-0.3, -0.25) is 9.11 Å². The van der Waals surface area contributed by atoms with Gasteiger partial charge in [0.05, 0.1) is 28.4 Å². The topological polar surface area (TPSA) is 247 Å². The first-order valence-electron chi connectivity index (χ1n) is 11.8. The quantitative estimate of drug-likeness (QED) is 0.141.